The quantitative estimate of drug-likeness (QED) is 0.681. The van der Waals surface area contributed by atoms with Crippen LogP contribution in [0.2, 0.25) is 0 Å². The number of carbonyl (C=O) groups is 2. The maximum absolute atomic E-state index is 12.3. The fourth-order valence-corrected chi connectivity index (χ4v) is 2.40. The fourth-order valence-electron chi connectivity index (χ4n) is 2.40. The van der Waals surface area contributed by atoms with Gasteiger partial charge in [-0.15, -0.1) is 0 Å². The van der Waals surface area contributed by atoms with E-state index in [0.29, 0.717) is 18.9 Å². The zero-order valence-corrected chi connectivity index (χ0v) is 14.9. The molecule has 1 atom stereocenters. The van der Waals surface area contributed by atoms with E-state index >= 15 is 0 Å². The van der Waals surface area contributed by atoms with E-state index < -0.39 is 6.09 Å². The average Bonchev–Trinajstić information content (AvgIpc) is 2.52. The Labute approximate surface area is 143 Å². The minimum Gasteiger partial charge on any atom is -0.507 e. The van der Waals surface area contributed by atoms with Gasteiger partial charge in [-0.2, -0.15) is 0 Å². The molecule has 0 spiro atoms. The molecule has 0 aliphatic rings. The van der Waals surface area contributed by atoms with E-state index in [2.05, 4.69) is 10.6 Å². The van der Waals surface area contributed by atoms with Crippen molar-refractivity contribution in [2.75, 3.05) is 13.2 Å². The highest BCUT2D eigenvalue weighted by Crippen LogP contribution is 2.18. The minimum absolute atomic E-state index is 0.0524. The van der Waals surface area contributed by atoms with Gasteiger partial charge in [-0.25, -0.2) is 4.79 Å². The number of hydrogen-bond donors (Lipinski definition) is 3. The summed E-state index contributed by atoms with van der Waals surface area (Å²) in [6, 6.07) is 4.76. The first-order chi connectivity index (χ1) is 11.4. The second-order valence-corrected chi connectivity index (χ2v) is 6.11. The van der Waals surface area contributed by atoms with Crippen LogP contribution in [0.4, 0.5) is 4.79 Å². The Bertz CT molecular complexity index is 558. The maximum atomic E-state index is 12.3. The van der Waals surface area contributed by atoms with E-state index in [4.69, 9.17) is 4.74 Å². The van der Waals surface area contributed by atoms with E-state index in [-0.39, 0.29) is 29.8 Å². The number of phenols is 1. The van der Waals surface area contributed by atoms with Crippen molar-refractivity contribution in [2.45, 2.75) is 46.6 Å². The van der Waals surface area contributed by atoms with Crippen LogP contribution in [-0.2, 0) is 11.2 Å². The molecule has 0 saturated carbocycles. The summed E-state index contributed by atoms with van der Waals surface area (Å²) in [5.74, 6) is -0.0590. The third-order valence-electron chi connectivity index (χ3n) is 3.58. The van der Waals surface area contributed by atoms with E-state index in [1.807, 2.05) is 20.8 Å². The molecule has 0 heterocycles. The van der Waals surface area contributed by atoms with Crippen LogP contribution >= 0.6 is 0 Å². The molecule has 0 bridgehead atoms. The Balaban J connectivity index is 2.71. The van der Waals surface area contributed by atoms with Crippen LogP contribution in [0.1, 0.15) is 50.0 Å². The van der Waals surface area contributed by atoms with Gasteiger partial charge in [0, 0.05) is 12.6 Å². The maximum Gasteiger partial charge on any atom is 0.407 e. The molecule has 0 aromatic heterocycles. The largest absolute Gasteiger partial charge is 0.507 e. The van der Waals surface area contributed by atoms with Gasteiger partial charge in [-0.05, 0) is 43.4 Å². The van der Waals surface area contributed by atoms with Gasteiger partial charge in [0.05, 0.1) is 12.2 Å². The third-order valence-corrected chi connectivity index (χ3v) is 3.58. The van der Waals surface area contributed by atoms with Gasteiger partial charge in [-0.1, -0.05) is 26.8 Å². The van der Waals surface area contributed by atoms with E-state index in [0.717, 1.165) is 12.0 Å². The predicted molar refractivity (Wildman–Crippen MR) is 93.2 cm³/mol. The summed E-state index contributed by atoms with van der Waals surface area (Å²) in [7, 11) is 0. The van der Waals surface area contributed by atoms with Crippen LogP contribution in [0.15, 0.2) is 18.2 Å². The molecule has 134 valence electrons. The van der Waals surface area contributed by atoms with Crippen molar-refractivity contribution < 1.29 is 19.4 Å². The highest BCUT2D eigenvalue weighted by atomic mass is 16.5. The third kappa shape index (κ3) is 6.48. The summed E-state index contributed by atoms with van der Waals surface area (Å²) in [6.45, 7) is 8.37. The SMILES string of the molecule is CCOC(=O)NC(CNC(=O)c1cc(CC)ccc1O)CC(C)C. The standard InChI is InChI=1S/C18H28N2O4/c1-5-13-7-8-16(21)15(10-13)17(22)19-11-14(9-12(3)4)20-18(23)24-6-2/h7-8,10,12,14,21H,5-6,9,11H2,1-4H3,(H,19,22)(H,20,23). The van der Waals surface area contributed by atoms with Crippen molar-refractivity contribution >= 4 is 12.0 Å². The molecule has 2 amide bonds. The molecule has 1 unspecified atom stereocenters. The number of ether oxygens (including phenoxy) is 1. The predicted octanol–water partition coefficient (Wildman–Crippen LogP) is 2.85. The van der Waals surface area contributed by atoms with Crippen LogP contribution in [-0.4, -0.2) is 36.3 Å². The van der Waals surface area contributed by atoms with Crippen molar-refractivity contribution in [3.05, 3.63) is 29.3 Å². The van der Waals surface area contributed by atoms with Gasteiger partial charge in [0.2, 0.25) is 0 Å². The van der Waals surface area contributed by atoms with Crippen molar-refractivity contribution in [1.29, 1.82) is 0 Å². The van der Waals surface area contributed by atoms with Gasteiger partial charge < -0.3 is 20.5 Å². The molecule has 6 heteroatoms. The summed E-state index contributed by atoms with van der Waals surface area (Å²) in [5, 5.41) is 15.4. The molecule has 24 heavy (non-hydrogen) atoms. The molecule has 1 aromatic rings. The molecule has 0 radical (unpaired) electrons. The lowest BCUT2D eigenvalue weighted by Gasteiger charge is -2.21. The second-order valence-electron chi connectivity index (χ2n) is 6.11. The molecule has 1 aromatic carbocycles. The number of alkyl carbamates (subject to hydrolysis) is 1. The highest BCUT2D eigenvalue weighted by Gasteiger charge is 2.18. The second kappa shape index (κ2) is 9.80. The van der Waals surface area contributed by atoms with Crippen LogP contribution in [0.3, 0.4) is 0 Å². The summed E-state index contributed by atoms with van der Waals surface area (Å²) in [5.41, 5.74) is 1.22. The zero-order valence-electron chi connectivity index (χ0n) is 14.9. The number of phenolic OH excluding ortho intramolecular Hbond substituents is 1. The number of carbonyl (C=O) groups excluding carboxylic acids is 2. The lowest BCUT2D eigenvalue weighted by atomic mass is 10.0. The van der Waals surface area contributed by atoms with Crippen molar-refractivity contribution in [3.63, 3.8) is 0 Å². The highest BCUT2D eigenvalue weighted by molar-refractivity contribution is 5.97. The van der Waals surface area contributed by atoms with Gasteiger partial charge >= 0.3 is 6.09 Å². The van der Waals surface area contributed by atoms with Crippen LogP contribution < -0.4 is 10.6 Å². The molecule has 0 aliphatic carbocycles. The number of nitrogens with one attached hydrogen (secondary N) is 2. The average molecular weight is 336 g/mol. The summed E-state index contributed by atoms with van der Waals surface area (Å²) < 4.78 is 4.89. The van der Waals surface area contributed by atoms with Gasteiger partial charge in [-0.3, -0.25) is 4.79 Å². The lowest BCUT2D eigenvalue weighted by molar-refractivity contribution is 0.0941. The Morgan fingerprint density at radius 1 is 1.25 bits per heavy atom. The smallest absolute Gasteiger partial charge is 0.407 e. The number of benzene rings is 1. The van der Waals surface area contributed by atoms with Crippen molar-refractivity contribution in [2.24, 2.45) is 5.92 Å². The molecule has 0 saturated heterocycles. The number of aromatic hydroxyl groups is 1. The molecule has 6 nitrogen and oxygen atoms in total. The first-order valence-corrected chi connectivity index (χ1v) is 8.40. The molecular formula is C18H28N2O4. The molecule has 3 N–H and O–H groups in total. The minimum atomic E-state index is -0.492. The van der Waals surface area contributed by atoms with E-state index in [1.165, 1.54) is 6.07 Å². The Kier molecular flexibility index (Phi) is 8.09. The van der Waals surface area contributed by atoms with Crippen molar-refractivity contribution in [1.82, 2.24) is 10.6 Å². The Hall–Kier alpha value is -2.24. The van der Waals surface area contributed by atoms with Gasteiger partial charge in [0.1, 0.15) is 5.75 Å². The molecule has 1 rings (SSSR count). The number of amides is 2. The van der Waals surface area contributed by atoms with Crippen LogP contribution in [0.5, 0.6) is 5.75 Å². The van der Waals surface area contributed by atoms with E-state index in [9.17, 15) is 14.7 Å². The Morgan fingerprint density at radius 3 is 2.54 bits per heavy atom. The molecular weight excluding hydrogens is 308 g/mol. The van der Waals surface area contributed by atoms with Gasteiger partial charge in [0.25, 0.3) is 5.91 Å². The first-order valence-electron chi connectivity index (χ1n) is 8.40. The first kappa shape index (κ1) is 19.8. The molecule has 0 fully saturated rings. The monoisotopic (exact) mass is 336 g/mol. The molecule has 0 aliphatic heterocycles. The summed E-state index contributed by atoms with van der Waals surface area (Å²) in [6.07, 6.45) is 0.995. The van der Waals surface area contributed by atoms with Crippen LogP contribution in [0.25, 0.3) is 0 Å². The summed E-state index contributed by atoms with van der Waals surface area (Å²) >= 11 is 0. The Morgan fingerprint density at radius 2 is 1.96 bits per heavy atom. The number of rotatable bonds is 8. The van der Waals surface area contributed by atoms with Gasteiger partial charge in [0.15, 0.2) is 0 Å². The van der Waals surface area contributed by atoms with Crippen molar-refractivity contribution in [3.8, 4) is 5.75 Å². The summed E-state index contributed by atoms with van der Waals surface area (Å²) in [4.78, 5) is 23.9. The topological polar surface area (TPSA) is 87.7 Å². The van der Waals surface area contributed by atoms with Crippen LogP contribution in [0, 0.1) is 5.92 Å². The zero-order chi connectivity index (χ0) is 18.1. The lowest BCUT2D eigenvalue weighted by Crippen LogP contribution is -2.44. The number of hydrogen-bond acceptors (Lipinski definition) is 4. The normalized spacial score (nSPS) is 11.9. The van der Waals surface area contributed by atoms with E-state index in [1.54, 1.807) is 19.1 Å². The number of aryl methyl sites for hydroxylation is 1. The fraction of sp³-hybridized carbons (Fsp3) is 0.556.